The van der Waals surface area contributed by atoms with Crippen molar-refractivity contribution in [2.75, 3.05) is 26.2 Å². The molecule has 2 aliphatic rings. The van der Waals surface area contributed by atoms with Gasteiger partial charge in [-0.15, -0.1) is 0 Å². The van der Waals surface area contributed by atoms with Crippen molar-refractivity contribution in [3.63, 3.8) is 0 Å². The van der Waals surface area contributed by atoms with E-state index in [0.29, 0.717) is 11.7 Å². The third kappa shape index (κ3) is 16.4. The molecule has 0 amide bonds. The standard InChI is InChI=1S/C12H17NO.C12H15NO.4C2H6.CH4/c2*14-12(10-4-2-1-3-5-10)11-6-8-13-9-7-11;4*1-2;/h1-5,11-14H,6-9H2;1-5,11,13H,6-9H2;4*1-2H3;1H4. The molecule has 3 N–H and O–H groups in total. The van der Waals surface area contributed by atoms with Gasteiger partial charge in [0.05, 0.1) is 6.10 Å². The van der Waals surface area contributed by atoms with Crippen molar-refractivity contribution in [2.24, 2.45) is 11.8 Å². The molecule has 0 saturated carbocycles. The summed E-state index contributed by atoms with van der Waals surface area (Å²) in [4.78, 5) is 12.0. The van der Waals surface area contributed by atoms with Crippen LogP contribution in [0.15, 0.2) is 60.7 Å². The third-order valence-electron chi connectivity index (χ3n) is 5.74. The number of rotatable bonds is 4. The number of aliphatic hydroxyl groups is 1. The van der Waals surface area contributed by atoms with Crippen LogP contribution in [0.25, 0.3) is 0 Å². The van der Waals surface area contributed by atoms with Crippen molar-refractivity contribution in [3.05, 3.63) is 71.8 Å². The highest BCUT2D eigenvalue weighted by Gasteiger charge is 2.22. The number of hydrogen-bond acceptors (Lipinski definition) is 4. The predicted molar refractivity (Wildman–Crippen MR) is 165 cm³/mol. The normalized spacial score (nSPS) is 15.3. The lowest BCUT2D eigenvalue weighted by Crippen LogP contribution is -2.31. The van der Waals surface area contributed by atoms with E-state index in [-0.39, 0.29) is 19.4 Å². The number of piperidine rings is 2. The molecule has 2 aromatic carbocycles. The molecule has 0 bridgehead atoms. The third-order valence-corrected chi connectivity index (χ3v) is 5.74. The predicted octanol–water partition coefficient (Wildman–Crippen LogP) is 8.33. The number of hydrogen-bond donors (Lipinski definition) is 3. The maximum Gasteiger partial charge on any atom is 0.166 e. The average Bonchev–Trinajstić information content (AvgIpc) is 3.02. The Hall–Kier alpha value is -2.01. The van der Waals surface area contributed by atoms with Gasteiger partial charge in [-0.2, -0.15) is 0 Å². The lowest BCUT2D eigenvalue weighted by Gasteiger charge is -2.27. The first-order valence-corrected chi connectivity index (χ1v) is 14.5. The zero-order chi connectivity index (χ0) is 27.6. The quantitative estimate of drug-likeness (QED) is 0.357. The van der Waals surface area contributed by atoms with Gasteiger partial charge in [0.25, 0.3) is 0 Å². The summed E-state index contributed by atoms with van der Waals surface area (Å²) in [6, 6.07) is 19.6. The molecular formula is C33H60N2O2. The lowest BCUT2D eigenvalue weighted by molar-refractivity contribution is 0.0888. The second-order valence-corrected chi connectivity index (χ2v) is 7.70. The maximum absolute atomic E-state index is 12.0. The molecule has 4 rings (SSSR count). The molecule has 4 nitrogen and oxygen atoms in total. The Morgan fingerprint density at radius 2 is 1.05 bits per heavy atom. The van der Waals surface area contributed by atoms with Gasteiger partial charge in [0.1, 0.15) is 0 Å². The molecule has 2 heterocycles. The Bertz CT molecular complexity index is 695. The van der Waals surface area contributed by atoms with Crippen LogP contribution in [-0.4, -0.2) is 37.1 Å². The van der Waals surface area contributed by atoms with Gasteiger partial charge < -0.3 is 15.7 Å². The fourth-order valence-electron chi connectivity index (χ4n) is 4.00. The molecule has 0 aromatic heterocycles. The van der Waals surface area contributed by atoms with Crippen LogP contribution in [0.3, 0.4) is 0 Å². The number of benzene rings is 2. The zero-order valence-corrected chi connectivity index (χ0v) is 24.5. The second-order valence-electron chi connectivity index (χ2n) is 7.70. The van der Waals surface area contributed by atoms with E-state index in [4.69, 9.17) is 0 Å². The number of Topliss-reactive ketones (excluding diaryl/α,β-unsaturated/α-hetero) is 1. The van der Waals surface area contributed by atoms with Gasteiger partial charge in [-0.05, 0) is 63.3 Å². The molecule has 1 unspecified atom stereocenters. The summed E-state index contributed by atoms with van der Waals surface area (Å²) in [5.41, 5.74) is 1.92. The molecule has 4 heteroatoms. The fourth-order valence-corrected chi connectivity index (χ4v) is 4.00. The fraction of sp³-hybridized carbons (Fsp3) is 0.606. The Morgan fingerprint density at radius 1 is 0.676 bits per heavy atom. The highest BCUT2D eigenvalue weighted by Crippen LogP contribution is 2.28. The Labute approximate surface area is 230 Å². The summed E-state index contributed by atoms with van der Waals surface area (Å²) in [5, 5.41) is 16.7. The summed E-state index contributed by atoms with van der Waals surface area (Å²) in [5.74, 6) is 0.976. The monoisotopic (exact) mass is 516 g/mol. The van der Waals surface area contributed by atoms with Crippen LogP contribution in [0.2, 0.25) is 0 Å². The van der Waals surface area contributed by atoms with Gasteiger partial charge in [-0.3, -0.25) is 4.79 Å². The average molecular weight is 517 g/mol. The maximum atomic E-state index is 12.0. The molecule has 2 aromatic rings. The van der Waals surface area contributed by atoms with E-state index >= 15 is 0 Å². The van der Waals surface area contributed by atoms with Gasteiger partial charge in [-0.25, -0.2) is 0 Å². The van der Waals surface area contributed by atoms with E-state index in [1.54, 1.807) is 0 Å². The minimum absolute atomic E-state index is 0. The zero-order valence-electron chi connectivity index (χ0n) is 24.5. The summed E-state index contributed by atoms with van der Waals surface area (Å²) >= 11 is 0. The second kappa shape index (κ2) is 28.6. The van der Waals surface area contributed by atoms with Crippen molar-refractivity contribution in [1.29, 1.82) is 0 Å². The Morgan fingerprint density at radius 3 is 1.49 bits per heavy atom. The van der Waals surface area contributed by atoms with Crippen molar-refractivity contribution in [2.45, 2.75) is 94.6 Å². The Balaban J connectivity index is -0.000000482. The Kier molecular flexibility index (Phi) is 30.5. The van der Waals surface area contributed by atoms with Gasteiger partial charge >= 0.3 is 0 Å². The first kappa shape index (κ1) is 39.5. The van der Waals surface area contributed by atoms with E-state index in [9.17, 15) is 9.90 Å². The van der Waals surface area contributed by atoms with Crippen molar-refractivity contribution in [3.8, 4) is 0 Å². The molecule has 2 aliphatic heterocycles. The van der Waals surface area contributed by atoms with E-state index in [1.807, 2.05) is 116 Å². The highest BCUT2D eigenvalue weighted by atomic mass is 16.3. The van der Waals surface area contributed by atoms with Crippen molar-refractivity contribution >= 4 is 5.78 Å². The number of nitrogens with one attached hydrogen (secondary N) is 2. The minimum Gasteiger partial charge on any atom is -0.388 e. The molecule has 0 radical (unpaired) electrons. The molecule has 214 valence electrons. The number of ketones is 1. The number of aliphatic hydroxyl groups excluding tert-OH is 1. The lowest BCUT2D eigenvalue weighted by atomic mass is 9.88. The van der Waals surface area contributed by atoms with Crippen LogP contribution in [0.5, 0.6) is 0 Å². The van der Waals surface area contributed by atoms with Crippen LogP contribution in [0.1, 0.15) is 111 Å². The molecule has 2 fully saturated rings. The molecule has 0 aliphatic carbocycles. The van der Waals surface area contributed by atoms with E-state index in [1.165, 1.54) is 0 Å². The minimum atomic E-state index is -0.279. The largest absolute Gasteiger partial charge is 0.388 e. The van der Waals surface area contributed by atoms with Crippen LogP contribution in [0.4, 0.5) is 0 Å². The molecule has 1 atom stereocenters. The summed E-state index contributed by atoms with van der Waals surface area (Å²) in [6.07, 6.45) is 3.84. The van der Waals surface area contributed by atoms with Crippen LogP contribution < -0.4 is 10.6 Å². The van der Waals surface area contributed by atoms with Crippen molar-refractivity contribution in [1.82, 2.24) is 10.6 Å². The molecule has 2 saturated heterocycles. The summed E-state index contributed by atoms with van der Waals surface area (Å²) in [6.45, 7) is 20.0. The van der Waals surface area contributed by atoms with Gasteiger partial charge in [0, 0.05) is 11.5 Å². The van der Waals surface area contributed by atoms with Crippen LogP contribution in [-0.2, 0) is 0 Å². The number of carbonyl (C=O) groups excluding carboxylic acids is 1. The van der Waals surface area contributed by atoms with Crippen LogP contribution in [0, 0.1) is 11.8 Å². The highest BCUT2D eigenvalue weighted by molar-refractivity contribution is 5.97. The SMILES string of the molecule is C.CC.CC.CC.CC.O=C(c1ccccc1)C1CCNCC1.OC(c1ccccc1)C1CCNCC1. The van der Waals surface area contributed by atoms with Crippen LogP contribution >= 0.6 is 0 Å². The van der Waals surface area contributed by atoms with Gasteiger partial charge in [-0.1, -0.05) is 123 Å². The molecule has 0 spiro atoms. The van der Waals surface area contributed by atoms with Crippen molar-refractivity contribution < 1.29 is 9.90 Å². The summed E-state index contributed by atoms with van der Waals surface area (Å²) < 4.78 is 0. The van der Waals surface area contributed by atoms with E-state index in [2.05, 4.69) is 10.6 Å². The summed E-state index contributed by atoms with van der Waals surface area (Å²) in [7, 11) is 0. The first-order valence-electron chi connectivity index (χ1n) is 14.5. The first-order chi connectivity index (χ1) is 17.8. The molecule has 37 heavy (non-hydrogen) atoms. The van der Waals surface area contributed by atoms with Gasteiger partial charge in [0.2, 0.25) is 0 Å². The molecular weight excluding hydrogens is 456 g/mol. The van der Waals surface area contributed by atoms with E-state index in [0.717, 1.165) is 63.0 Å². The topological polar surface area (TPSA) is 61.4 Å². The smallest absolute Gasteiger partial charge is 0.166 e. The van der Waals surface area contributed by atoms with E-state index < -0.39 is 0 Å². The number of carbonyl (C=O) groups is 1. The van der Waals surface area contributed by atoms with Gasteiger partial charge in [0.15, 0.2) is 5.78 Å².